The van der Waals surface area contributed by atoms with Gasteiger partial charge in [0.05, 0.1) is 0 Å². The third kappa shape index (κ3) is 5.35. The van der Waals surface area contributed by atoms with Crippen LogP contribution in [0.5, 0.6) is 0 Å². The number of aromatic nitrogens is 2. The van der Waals surface area contributed by atoms with Crippen molar-refractivity contribution in [2.75, 3.05) is 12.4 Å². The summed E-state index contributed by atoms with van der Waals surface area (Å²) < 4.78 is 5.30. The molecule has 2 heterocycles. The highest BCUT2D eigenvalue weighted by Crippen LogP contribution is 2.29. The molecule has 0 aliphatic rings. The van der Waals surface area contributed by atoms with E-state index in [9.17, 15) is 9.59 Å². The van der Waals surface area contributed by atoms with E-state index in [-0.39, 0.29) is 0 Å². The Kier molecular flexibility index (Phi) is 6.83. The maximum atomic E-state index is 12.6. The number of hydrogen-bond donors (Lipinski definition) is 1. The lowest BCUT2D eigenvalue weighted by Gasteiger charge is -2.28. The van der Waals surface area contributed by atoms with Crippen molar-refractivity contribution in [2.45, 2.75) is 53.2 Å². The minimum absolute atomic E-state index is 0.311. The lowest BCUT2D eigenvalue weighted by Crippen LogP contribution is -2.45. The number of nitrogens with zero attached hydrogens (tertiary/aromatic N) is 3. The summed E-state index contributed by atoms with van der Waals surface area (Å²) in [7, 11) is 1.51. The van der Waals surface area contributed by atoms with E-state index < -0.39 is 23.6 Å². The Hall–Kier alpha value is -3.40. The molecule has 2 aromatic rings. The van der Waals surface area contributed by atoms with Crippen molar-refractivity contribution in [2.24, 2.45) is 0 Å². The van der Waals surface area contributed by atoms with Crippen LogP contribution in [-0.2, 0) is 9.53 Å². The molecule has 158 valence electrons. The molecular weight excluding hydrogens is 380 g/mol. The topological polar surface area (TPSA) is 84.4 Å². The molecule has 0 aromatic carbocycles. The van der Waals surface area contributed by atoms with Gasteiger partial charge in [0.2, 0.25) is 5.91 Å². The third-order valence-corrected chi connectivity index (χ3v) is 4.52. The number of anilines is 1. The van der Waals surface area contributed by atoms with E-state index >= 15 is 0 Å². The Morgan fingerprint density at radius 2 is 1.80 bits per heavy atom. The van der Waals surface area contributed by atoms with E-state index in [1.165, 1.54) is 11.9 Å². The second-order valence-electron chi connectivity index (χ2n) is 8.14. The van der Waals surface area contributed by atoms with Gasteiger partial charge in [0.15, 0.2) is 0 Å². The van der Waals surface area contributed by atoms with Gasteiger partial charge in [0.1, 0.15) is 23.2 Å². The fraction of sp³-hybridized carbons (Fsp3) is 0.391. The Morgan fingerprint density at radius 1 is 1.20 bits per heavy atom. The van der Waals surface area contributed by atoms with Crippen LogP contribution in [0.1, 0.15) is 44.5 Å². The van der Waals surface area contributed by atoms with Gasteiger partial charge in [-0.25, -0.2) is 9.78 Å². The minimum atomic E-state index is -0.764. The Balaban J connectivity index is 2.23. The van der Waals surface area contributed by atoms with Gasteiger partial charge in [-0.05, 0) is 76.3 Å². The Morgan fingerprint density at radius 3 is 2.33 bits per heavy atom. The molecule has 1 N–H and O–H groups in total. The number of carbonyl (C=O) groups excluding carboxylic acids is 2. The zero-order valence-electron chi connectivity index (χ0n) is 18.5. The summed E-state index contributed by atoms with van der Waals surface area (Å²) in [5.41, 5.74) is 3.51. The van der Waals surface area contributed by atoms with Crippen LogP contribution in [0.15, 0.2) is 24.5 Å². The number of likely N-dealkylation sites (N-methyl/N-ethyl adjacent to an activating group) is 1. The molecule has 2 aromatic heterocycles. The standard InChI is InChI=1S/C23H28N4O3/c1-9-18-17(20-14(2)12-24-13-15(20)3)10-11-19(25-18)26-21(28)16(4)27(8)22(29)30-23(5,6)7/h1,10-13,16H,2-8H3,(H,25,26,28). The van der Waals surface area contributed by atoms with Crippen molar-refractivity contribution >= 4 is 17.8 Å². The average molecular weight is 409 g/mol. The molecule has 7 heteroatoms. The molecule has 30 heavy (non-hydrogen) atoms. The first-order valence-corrected chi connectivity index (χ1v) is 9.60. The van der Waals surface area contributed by atoms with Gasteiger partial charge in [-0.15, -0.1) is 6.42 Å². The molecule has 2 rings (SSSR count). The molecule has 2 amide bonds. The van der Waals surface area contributed by atoms with E-state index in [1.54, 1.807) is 46.2 Å². The van der Waals surface area contributed by atoms with Crippen LogP contribution in [0.4, 0.5) is 10.6 Å². The summed E-state index contributed by atoms with van der Waals surface area (Å²) in [5.74, 6) is 2.50. The summed E-state index contributed by atoms with van der Waals surface area (Å²) in [6, 6.07) is 2.75. The number of pyridine rings is 2. The monoisotopic (exact) mass is 408 g/mol. The highest BCUT2D eigenvalue weighted by atomic mass is 16.6. The Bertz CT molecular complexity index is 982. The van der Waals surface area contributed by atoms with E-state index in [2.05, 4.69) is 21.2 Å². The Labute approximate surface area is 177 Å². The smallest absolute Gasteiger partial charge is 0.410 e. The zero-order chi connectivity index (χ0) is 22.6. The van der Waals surface area contributed by atoms with E-state index in [0.717, 1.165) is 22.3 Å². The molecule has 0 saturated heterocycles. The molecule has 0 radical (unpaired) electrons. The minimum Gasteiger partial charge on any atom is -0.444 e. The van der Waals surface area contributed by atoms with E-state index in [0.29, 0.717) is 11.5 Å². The van der Waals surface area contributed by atoms with Crippen molar-refractivity contribution in [1.29, 1.82) is 0 Å². The van der Waals surface area contributed by atoms with E-state index in [1.807, 2.05) is 19.9 Å². The van der Waals surface area contributed by atoms with Crippen molar-refractivity contribution < 1.29 is 14.3 Å². The summed E-state index contributed by atoms with van der Waals surface area (Å²) in [6.45, 7) is 10.8. The first kappa shape index (κ1) is 22.9. The molecule has 0 aliphatic carbocycles. The van der Waals surface area contributed by atoms with E-state index in [4.69, 9.17) is 11.2 Å². The quantitative estimate of drug-likeness (QED) is 0.775. The molecule has 0 spiro atoms. The largest absolute Gasteiger partial charge is 0.444 e. The lowest BCUT2D eigenvalue weighted by atomic mass is 9.97. The number of amides is 2. The summed E-state index contributed by atoms with van der Waals surface area (Å²) >= 11 is 0. The maximum absolute atomic E-state index is 12.6. The third-order valence-electron chi connectivity index (χ3n) is 4.52. The van der Waals surface area contributed by atoms with Crippen LogP contribution in [0.2, 0.25) is 0 Å². The first-order valence-electron chi connectivity index (χ1n) is 9.60. The van der Waals surface area contributed by atoms with Crippen LogP contribution in [0, 0.1) is 26.2 Å². The predicted molar refractivity (Wildman–Crippen MR) is 117 cm³/mol. The summed E-state index contributed by atoms with van der Waals surface area (Å²) in [6.07, 6.45) is 8.64. The molecule has 0 fully saturated rings. The van der Waals surface area contributed by atoms with Gasteiger partial charge in [0, 0.05) is 25.0 Å². The van der Waals surface area contributed by atoms with Crippen LogP contribution in [0.25, 0.3) is 11.1 Å². The highest BCUT2D eigenvalue weighted by Gasteiger charge is 2.27. The number of carbonyl (C=O) groups is 2. The number of rotatable bonds is 4. The second-order valence-corrected chi connectivity index (χ2v) is 8.14. The van der Waals surface area contributed by atoms with Crippen molar-refractivity contribution in [3.63, 3.8) is 0 Å². The zero-order valence-corrected chi connectivity index (χ0v) is 18.5. The second kappa shape index (κ2) is 8.95. The van der Waals surface area contributed by atoms with Crippen molar-refractivity contribution in [3.05, 3.63) is 41.3 Å². The van der Waals surface area contributed by atoms with Crippen LogP contribution in [0.3, 0.4) is 0 Å². The van der Waals surface area contributed by atoms with Crippen LogP contribution in [-0.4, -0.2) is 45.6 Å². The molecule has 1 unspecified atom stereocenters. The van der Waals surface area contributed by atoms with Gasteiger partial charge in [0.25, 0.3) is 0 Å². The normalized spacial score (nSPS) is 11.9. The van der Waals surface area contributed by atoms with Gasteiger partial charge in [-0.2, -0.15) is 0 Å². The molecular formula is C23H28N4O3. The molecule has 7 nitrogen and oxygen atoms in total. The van der Waals surface area contributed by atoms with Crippen LogP contribution < -0.4 is 5.32 Å². The lowest BCUT2D eigenvalue weighted by molar-refractivity contribution is -0.120. The van der Waals surface area contributed by atoms with Gasteiger partial charge in [-0.1, -0.05) is 0 Å². The van der Waals surface area contributed by atoms with Gasteiger partial charge >= 0.3 is 6.09 Å². The predicted octanol–water partition coefficient (Wildman–Crippen LogP) is 3.94. The van der Waals surface area contributed by atoms with Gasteiger partial charge in [-0.3, -0.25) is 14.7 Å². The van der Waals surface area contributed by atoms with Gasteiger partial charge < -0.3 is 10.1 Å². The fourth-order valence-electron chi connectivity index (χ4n) is 2.86. The summed E-state index contributed by atoms with van der Waals surface area (Å²) in [4.78, 5) is 34.7. The first-order chi connectivity index (χ1) is 13.9. The molecule has 0 bridgehead atoms. The molecule has 0 saturated carbocycles. The maximum Gasteiger partial charge on any atom is 0.410 e. The number of nitrogens with one attached hydrogen (secondary N) is 1. The molecule has 1 atom stereocenters. The number of terminal acetylenes is 1. The SMILES string of the molecule is C#Cc1nc(NC(=O)C(C)N(C)C(=O)OC(C)(C)C)ccc1-c1c(C)cncc1C. The summed E-state index contributed by atoms with van der Waals surface area (Å²) in [5, 5.41) is 2.72. The van der Waals surface area contributed by atoms with Crippen molar-refractivity contribution in [1.82, 2.24) is 14.9 Å². The van der Waals surface area contributed by atoms with Crippen LogP contribution >= 0.6 is 0 Å². The number of ether oxygens (including phenoxy) is 1. The molecule has 0 aliphatic heterocycles. The highest BCUT2D eigenvalue weighted by molar-refractivity contribution is 5.95. The number of hydrogen-bond acceptors (Lipinski definition) is 5. The fourth-order valence-corrected chi connectivity index (χ4v) is 2.86. The number of aryl methyl sites for hydroxylation is 2. The van der Waals surface area contributed by atoms with Crippen molar-refractivity contribution in [3.8, 4) is 23.5 Å². The average Bonchev–Trinajstić information content (AvgIpc) is 2.66.